The minimum atomic E-state index is -0.205. The number of nitrogens with one attached hydrogen (secondary N) is 1. The van der Waals surface area contributed by atoms with E-state index in [2.05, 4.69) is 22.4 Å². The highest BCUT2D eigenvalue weighted by atomic mass is 32.2. The smallest absolute Gasteiger partial charge is 0.282 e. The number of hydrogen-bond donors (Lipinski definition) is 1. The molecule has 23 heavy (non-hydrogen) atoms. The maximum atomic E-state index is 11.9. The Labute approximate surface area is 145 Å². The van der Waals surface area contributed by atoms with Gasteiger partial charge in [0.25, 0.3) is 5.24 Å². The highest BCUT2D eigenvalue weighted by Crippen LogP contribution is 2.19. The predicted molar refractivity (Wildman–Crippen MR) is 95.0 cm³/mol. The van der Waals surface area contributed by atoms with E-state index in [1.54, 1.807) is 4.90 Å². The summed E-state index contributed by atoms with van der Waals surface area (Å²) >= 11 is 2.68. The zero-order valence-corrected chi connectivity index (χ0v) is 15.2. The molecule has 8 heteroatoms. The van der Waals surface area contributed by atoms with Crippen molar-refractivity contribution in [2.75, 3.05) is 24.2 Å². The number of nitrogens with zero attached hydrogens (tertiary/aromatic N) is 3. The van der Waals surface area contributed by atoms with Crippen molar-refractivity contribution in [1.29, 1.82) is 0 Å². The summed E-state index contributed by atoms with van der Waals surface area (Å²) in [5, 5.41) is 12.3. The van der Waals surface area contributed by atoms with Crippen molar-refractivity contribution >= 4 is 39.4 Å². The van der Waals surface area contributed by atoms with Crippen LogP contribution in [0, 0.1) is 0 Å². The van der Waals surface area contributed by atoms with Gasteiger partial charge in [-0.2, -0.15) is 0 Å². The first kappa shape index (κ1) is 18.2. The van der Waals surface area contributed by atoms with Crippen LogP contribution >= 0.6 is 23.1 Å². The van der Waals surface area contributed by atoms with Crippen molar-refractivity contribution in [1.82, 2.24) is 15.1 Å². The number of carbonyl (C=O) groups excluding carboxylic acids is 2. The van der Waals surface area contributed by atoms with Crippen molar-refractivity contribution in [2.24, 2.45) is 0 Å². The number of unbranched alkanes of at least 4 members (excludes halogenated alkanes) is 5. The molecule has 128 valence electrons. The third kappa shape index (κ3) is 6.47. The SMILES string of the molecule is CCCCCCCCc1nnc(NC(=O)CN2CCSC2=O)s1. The first-order valence-electron chi connectivity index (χ1n) is 8.23. The second-order valence-corrected chi connectivity index (χ2v) is 7.71. The number of anilines is 1. The maximum absolute atomic E-state index is 11.9. The molecule has 2 heterocycles. The number of rotatable bonds is 10. The zero-order chi connectivity index (χ0) is 16.5. The van der Waals surface area contributed by atoms with Crippen LogP contribution in [0.25, 0.3) is 0 Å². The molecular formula is C15H24N4O2S2. The monoisotopic (exact) mass is 356 g/mol. The fourth-order valence-corrected chi connectivity index (χ4v) is 3.99. The number of aryl methyl sites for hydroxylation is 1. The lowest BCUT2D eigenvalue weighted by Crippen LogP contribution is -2.33. The van der Waals surface area contributed by atoms with E-state index >= 15 is 0 Å². The molecule has 1 aliphatic rings. The van der Waals surface area contributed by atoms with E-state index in [4.69, 9.17) is 0 Å². The molecule has 1 aromatic rings. The maximum Gasteiger partial charge on any atom is 0.282 e. The van der Waals surface area contributed by atoms with E-state index < -0.39 is 0 Å². The molecule has 0 spiro atoms. The Morgan fingerprint density at radius 3 is 2.74 bits per heavy atom. The Morgan fingerprint density at radius 1 is 1.22 bits per heavy atom. The topological polar surface area (TPSA) is 75.2 Å². The van der Waals surface area contributed by atoms with Gasteiger partial charge in [0.2, 0.25) is 11.0 Å². The highest BCUT2D eigenvalue weighted by Gasteiger charge is 2.23. The van der Waals surface area contributed by atoms with Crippen LogP contribution in [0.2, 0.25) is 0 Å². The molecule has 1 fully saturated rings. The van der Waals surface area contributed by atoms with E-state index in [1.165, 1.54) is 55.2 Å². The van der Waals surface area contributed by atoms with Crippen LogP contribution in [0.5, 0.6) is 0 Å². The molecular weight excluding hydrogens is 332 g/mol. The first-order valence-corrected chi connectivity index (χ1v) is 10.0. The molecule has 2 amide bonds. The summed E-state index contributed by atoms with van der Waals surface area (Å²) in [6.45, 7) is 2.95. The van der Waals surface area contributed by atoms with Crippen LogP contribution in [0.3, 0.4) is 0 Å². The number of amides is 2. The Kier molecular flexibility index (Phi) is 7.81. The summed E-state index contributed by atoms with van der Waals surface area (Å²) in [6.07, 6.45) is 8.41. The molecule has 0 unspecified atom stereocenters. The van der Waals surface area contributed by atoms with Gasteiger partial charge in [0.15, 0.2) is 0 Å². The predicted octanol–water partition coefficient (Wildman–Crippen LogP) is 3.55. The Hall–Kier alpha value is -1.15. The molecule has 2 rings (SSSR count). The third-order valence-corrected chi connectivity index (χ3v) is 5.43. The van der Waals surface area contributed by atoms with E-state index in [1.807, 2.05) is 0 Å². The van der Waals surface area contributed by atoms with Gasteiger partial charge >= 0.3 is 0 Å². The van der Waals surface area contributed by atoms with Gasteiger partial charge in [-0.15, -0.1) is 10.2 Å². The summed E-state index contributed by atoms with van der Waals surface area (Å²) in [7, 11) is 0. The fraction of sp³-hybridized carbons (Fsp3) is 0.733. The normalized spacial score (nSPS) is 14.5. The molecule has 1 aromatic heterocycles. The number of aromatic nitrogens is 2. The average Bonchev–Trinajstić information content (AvgIpc) is 3.13. The van der Waals surface area contributed by atoms with Crippen molar-refractivity contribution in [2.45, 2.75) is 51.9 Å². The molecule has 0 radical (unpaired) electrons. The van der Waals surface area contributed by atoms with Gasteiger partial charge in [-0.05, 0) is 6.42 Å². The average molecular weight is 357 g/mol. The van der Waals surface area contributed by atoms with E-state index in [9.17, 15) is 9.59 Å². The summed E-state index contributed by atoms with van der Waals surface area (Å²) in [5.41, 5.74) is 0. The molecule has 1 N–H and O–H groups in total. The van der Waals surface area contributed by atoms with Gasteiger partial charge in [0.1, 0.15) is 11.6 Å². The molecule has 1 saturated heterocycles. The highest BCUT2D eigenvalue weighted by molar-refractivity contribution is 8.13. The molecule has 0 bridgehead atoms. The van der Waals surface area contributed by atoms with Crippen LogP contribution in [-0.2, 0) is 11.2 Å². The summed E-state index contributed by atoms with van der Waals surface area (Å²) in [5.74, 6) is 0.552. The van der Waals surface area contributed by atoms with Crippen molar-refractivity contribution in [3.8, 4) is 0 Å². The van der Waals surface area contributed by atoms with E-state index in [0.29, 0.717) is 11.7 Å². The molecule has 0 atom stereocenters. The Bertz CT molecular complexity index is 521. The molecule has 6 nitrogen and oxygen atoms in total. The van der Waals surface area contributed by atoms with Crippen LogP contribution < -0.4 is 5.32 Å². The van der Waals surface area contributed by atoms with Gasteiger partial charge in [-0.25, -0.2) is 0 Å². The third-order valence-electron chi connectivity index (χ3n) is 3.64. The van der Waals surface area contributed by atoms with Gasteiger partial charge < -0.3 is 4.90 Å². The number of carbonyl (C=O) groups is 2. The largest absolute Gasteiger partial charge is 0.323 e. The van der Waals surface area contributed by atoms with Gasteiger partial charge in [-0.1, -0.05) is 62.1 Å². The van der Waals surface area contributed by atoms with Gasteiger partial charge in [0.05, 0.1) is 0 Å². The van der Waals surface area contributed by atoms with Crippen molar-refractivity contribution < 1.29 is 9.59 Å². The molecule has 0 aliphatic carbocycles. The van der Waals surface area contributed by atoms with Crippen LogP contribution in [0.15, 0.2) is 0 Å². The Balaban J connectivity index is 1.65. The second kappa shape index (κ2) is 9.87. The summed E-state index contributed by atoms with van der Waals surface area (Å²) in [6, 6.07) is 0. The van der Waals surface area contributed by atoms with E-state index in [-0.39, 0.29) is 17.7 Å². The minimum Gasteiger partial charge on any atom is -0.323 e. The quantitative estimate of drug-likeness (QED) is 0.649. The van der Waals surface area contributed by atoms with Crippen molar-refractivity contribution in [3.63, 3.8) is 0 Å². The first-order chi connectivity index (χ1) is 11.2. The summed E-state index contributed by atoms with van der Waals surface area (Å²) < 4.78 is 0. The molecule has 0 saturated carbocycles. The molecule has 1 aliphatic heterocycles. The molecule has 0 aromatic carbocycles. The Morgan fingerprint density at radius 2 is 2.00 bits per heavy atom. The number of thioether (sulfide) groups is 1. The fourth-order valence-electron chi connectivity index (χ4n) is 2.36. The van der Waals surface area contributed by atoms with Crippen LogP contribution in [0.4, 0.5) is 9.93 Å². The summed E-state index contributed by atoms with van der Waals surface area (Å²) in [4.78, 5) is 24.9. The van der Waals surface area contributed by atoms with Crippen LogP contribution in [-0.4, -0.2) is 45.1 Å². The number of hydrogen-bond acceptors (Lipinski definition) is 6. The van der Waals surface area contributed by atoms with E-state index in [0.717, 1.165) is 23.6 Å². The lowest BCUT2D eigenvalue weighted by atomic mass is 10.1. The lowest BCUT2D eigenvalue weighted by Gasteiger charge is -2.12. The van der Waals surface area contributed by atoms with Crippen LogP contribution in [0.1, 0.15) is 50.5 Å². The lowest BCUT2D eigenvalue weighted by molar-refractivity contribution is -0.116. The minimum absolute atomic E-state index is 0.0267. The van der Waals surface area contributed by atoms with Gasteiger partial charge in [-0.3, -0.25) is 14.9 Å². The second-order valence-electron chi connectivity index (χ2n) is 5.60. The van der Waals surface area contributed by atoms with Gasteiger partial charge in [0, 0.05) is 18.7 Å². The standard InChI is InChI=1S/C15H24N4O2S2/c1-2-3-4-5-6-7-8-13-17-18-14(23-13)16-12(20)11-19-9-10-22-15(19)21/h2-11H2,1H3,(H,16,18,20). The van der Waals surface area contributed by atoms with Crippen molar-refractivity contribution in [3.05, 3.63) is 5.01 Å². The zero-order valence-electron chi connectivity index (χ0n) is 13.5.